The Morgan fingerprint density at radius 2 is 1.97 bits per heavy atom. The molecule has 3 N–H and O–H groups in total. The lowest BCUT2D eigenvalue weighted by atomic mass is 10.0. The number of phenolic OH excluding ortho intramolecular Hbond substituents is 1. The van der Waals surface area contributed by atoms with E-state index in [2.05, 4.69) is 5.32 Å². The van der Waals surface area contributed by atoms with Crippen LogP contribution in [0.2, 0.25) is 10.0 Å². The second-order valence-electron chi connectivity index (χ2n) is 7.38. The van der Waals surface area contributed by atoms with E-state index in [0.29, 0.717) is 22.7 Å². The number of quaternary nitrogens is 1. The van der Waals surface area contributed by atoms with Crippen LogP contribution in [0.3, 0.4) is 0 Å². The number of ether oxygens (including phenoxy) is 1. The van der Waals surface area contributed by atoms with Gasteiger partial charge in [-0.05, 0) is 24.3 Å². The first-order valence-corrected chi connectivity index (χ1v) is 10.6. The van der Waals surface area contributed by atoms with E-state index in [4.69, 9.17) is 27.9 Å². The number of nitrogens with one attached hydrogen (secondary N) is 2. The molecular formula is C21H24Cl2N3O3+. The van der Waals surface area contributed by atoms with Crippen molar-refractivity contribution in [2.75, 3.05) is 44.7 Å². The minimum atomic E-state index is -0.548. The van der Waals surface area contributed by atoms with Gasteiger partial charge in [-0.15, -0.1) is 0 Å². The summed E-state index contributed by atoms with van der Waals surface area (Å²) in [5.74, 6) is -0.138. The van der Waals surface area contributed by atoms with Gasteiger partial charge in [0.2, 0.25) is 0 Å². The second-order valence-corrected chi connectivity index (χ2v) is 8.23. The third-order valence-corrected chi connectivity index (χ3v) is 6.01. The smallest absolute Gasteiger partial charge is 0.257 e. The molecule has 0 aromatic heterocycles. The standard InChI is InChI=1S/C21H23Cl2N3O3/c22-14-12-16(19(27)17(23)13-14)20-24-18-5-2-1-4-15(18)21(28)26(20)7-3-6-25-8-10-29-11-9-25/h1-2,4-5,12-13,20,24,27H,3,6-11H2/p+1/t20-/m0/s1. The maximum absolute atomic E-state index is 13.3. The number of hydrogen-bond acceptors (Lipinski definition) is 4. The van der Waals surface area contributed by atoms with Crippen molar-refractivity contribution in [3.05, 3.63) is 57.6 Å². The minimum Gasteiger partial charge on any atom is -0.506 e. The Balaban J connectivity index is 1.61. The summed E-state index contributed by atoms with van der Waals surface area (Å²) in [7, 11) is 0. The summed E-state index contributed by atoms with van der Waals surface area (Å²) < 4.78 is 5.41. The number of fused-ring (bicyclic) bond motifs is 1. The molecule has 2 aliphatic rings. The van der Waals surface area contributed by atoms with Crippen LogP contribution in [0, 0.1) is 0 Å². The highest BCUT2D eigenvalue weighted by Gasteiger charge is 2.34. The Bertz CT molecular complexity index is 903. The molecule has 0 aliphatic carbocycles. The van der Waals surface area contributed by atoms with E-state index in [1.807, 2.05) is 24.3 Å². The van der Waals surface area contributed by atoms with Crippen LogP contribution in [0.1, 0.15) is 28.5 Å². The largest absolute Gasteiger partial charge is 0.506 e. The zero-order valence-corrected chi connectivity index (χ0v) is 17.5. The van der Waals surface area contributed by atoms with Crippen LogP contribution in [0.5, 0.6) is 5.75 Å². The fraction of sp³-hybridized carbons (Fsp3) is 0.381. The molecule has 0 radical (unpaired) electrons. The van der Waals surface area contributed by atoms with Crippen molar-refractivity contribution in [1.82, 2.24) is 4.90 Å². The van der Waals surface area contributed by atoms with Crippen molar-refractivity contribution in [1.29, 1.82) is 0 Å². The van der Waals surface area contributed by atoms with Gasteiger partial charge in [0, 0.05) is 29.2 Å². The number of rotatable bonds is 5. The van der Waals surface area contributed by atoms with Crippen molar-refractivity contribution in [3.63, 3.8) is 0 Å². The van der Waals surface area contributed by atoms with Crippen molar-refractivity contribution in [2.24, 2.45) is 0 Å². The molecule has 1 amide bonds. The molecule has 1 fully saturated rings. The van der Waals surface area contributed by atoms with Crippen molar-refractivity contribution in [3.8, 4) is 5.75 Å². The molecule has 2 aliphatic heterocycles. The van der Waals surface area contributed by atoms with E-state index in [1.165, 1.54) is 11.0 Å². The number of hydrogen-bond donors (Lipinski definition) is 3. The Hall–Kier alpha value is -1.99. The monoisotopic (exact) mass is 436 g/mol. The first-order valence-electron chi connectivity index (χ1n) is 9.80. The Morgan fingerprint density at radius 3 is 2.76 bits per heavy atom. The summed E-state index contributed by atoms with van der Waals surface area (Å²) in [6.07, 6.45) is 0.296. The number of carbonyl (C=O) groups is 1. The molecule has 2 heterocycles. The summed E-state index contributed by atoms with van der Waals surface area (Å²) in [6.45, 7) is 5.06. The third-order valence-electron chi connectivity index (χ3n) is 5.50. The second kappa shape index (κ2) is 8.79. The summed E-state index contributed by atoms with van der Waals surface area (Å²) in [5, 5.41) is 14.5. The van der Waals surface area contributed by atoms with Gasteiger partial charge < -0.3 is 25.0 Å². The summed E-state index contributed by atoms with van der Waals surface area (Å²) >= 11 is 12.3. The van der Waals surface area contributed by atoms with E-state index in [9.17, 15) is 9.90 Å². The van der Waals surface area contributed by atoms with Crippen LogP contribution < -0.4 is 10.2 Å². The maximum Gasteiger partial charge on any atom is 0.257 e. The lowest BCUT2D eigenvalue weighted by molar-refractivity contribution is -0.908. The number of halogens is 2. The first-order chi connectivity index (χ1) is 14.0. The van der Waals surface area contributed by atoms with Crippen molar-refractivity contribution < 1.29 is 19.5 Å². The zero-order valence-electron chi connectivity index (χ0n) is 16.0. The third kappa shape index (κ3) is 4.31. The highest BCUT2D eigenvalue weighted by molar-refractivity contribution is 6.35. The number of nitrogens with zero attached hydrogens (tertiary/aromatic N) is 1. The SMILES string of the molecule is O=C1c2ccccc2N[C@H](c2cc(Cl)cc(Cl)c2O)N1CCC[NH+]1CCOCC1. The molecule has 1 atom stereocenters. The highest BCUT2D eigenvalue weighted by Crippen LogP contribution is 2.40. The Kier molecular flexibility index (Phi) is 6.15. The topological polar surface area (TPSA) is 66.2 Å². The molecule has 0 saturated carbocycles. The Labute approximate surface area is 180 Å². The number of anilines is 1. The van der Waals surface area contributed by atoms with E-state index in [-0.39, 0.29) is 16.7 Å². The van der Waals surface area contributed by atoms with E-state index >= 15 is 0 Å². The quantitative estimate of drug-likeness (QED) is 0.673. The highest BCUT2D eigenvalue weighted by atomic mass is 35.5. The molecule has 2 aromatic rings. The maximum atomic E-state index is 13.3. The van der Waals surface area contributed by atoms with Crippen LogP contribution in [-0.2, 0) is 4.74 Å². The number of benzene rings is 2. The normalized spacial score (nSPS) is 19.7. The number of carbonyl (C=O) groups excluding carboxylic acids is 1. The predicted molar refractivity (Wildman–Crippen MR) is 113 cm³/mol. The van der Waals surface area contributed by atoms with Crippen LogP contribution >= 0.6 is 23.2 Å². The fourth-order valence-corrected chi connectivity index (χ4v) is 4.48. The zero-order chi connectivity index (χ0) is 20.4. The van der Waals surface area contributed by atoms with Gasteiger partial charge >= 0.3 is 0 Å². The summed E-state index contributed by atoms with van der Waals surface area (Å²) in [6, 6.07) is 10.5. The van der Waals surface area contributed by atoms with E-state index in [1.54, 1.807) is 11.0 Å². The lowest BCUT2D eigenvalue weighted by Gasteiger charge is -2.38. The number of phenols is 1. The molecule has 0 bridgehead atoms. The van der Waals surface area contributed by atoms with Gasteiger partial charge in [-0.1, -0.05) is 35.3 Å². The molecule has 154 valence electrons. The van der Waals surface area contributed by atoms with Crippen molar-refractivity contribution >= 4 is 34.8 Å². The minimum absolute atomic E-state index is 0.0652. The Morgan fingerprint density at radius 1 is 1.21 bits per heavy atom. The van der Waals surface area contributed by atoms with Crippen molar-refractivity contribution in [2.45, 2.75) is 12.6 Å². The molecule has 6 nitrogen and oxygen atoms in total. The van der Waals surface area contributed by atoms with Gasteiger partial charge in [0.25, 0.3) is 5.91 Å². The summed E-state index contributed by atoms with van der Waals surface area (Å²) in [5.41, 5.74) is 1.84. The molecule has 29 heavy (non-hydrogen) atoms. The average Bonchev–Trinajstić information content (AvgIpc) is 2.73. The molecule has 8 heteroatoms. The van der Waals surface area contributed by atoms with Gasteiger partial charge in [0.15, 0.2) is 0 Å². The lowest BCUT2D eigenvalue weighted by Crippen LogP contribution is -3.14. The van der Waals surface area contributed by atoms with Gasteiger partial charge in [-0.2, -0.15) is 0 Å². The fourth-order valence-electron chi connectivity index (χ4n) is 3.97. The van der Waals surface area contributed by atoms with E-state index < -0.39 is 6.17 Å². The number of aromatic hydroxyl groups is 1. The molecule has 0 unspecified atom stereocenters. The van der Waals surface area contributed by atoms with Crippen LogP contribution in [-0.4, -0.2) is 55.3 Å². The number of morpholine rings is 1. The molecule has 0 spiro atoms. The average molecular weight is 437 g/mol. The molecular weight excluding hydrogens is 413 g/mol. The molecule has 4 rings (SSSR count). The number of para-hydroxylation sites is 1. The molecule has 2 aromatic carbocycles. The van der Waals surface area contributed by atoms with E-state index in [0.717, 1.165) is 45.0 Å². The summed E-state index contributed by atoms with van der Waals surface area (Å²) in [4.78, 5) is 16.5. The van der Waals surface area contributed by atoms with Gasteiger partial charge in [0.05, 0.1) is 30.3 Å². The first kappa shape index (κ1) is 20.3. The molecule has 1 saturated heterocycles. The van der Waals surface area contributed by atoms with Crippen LogP contribution in [0.25, 0.3) is 0 Å². The van der Waals surface area contributed by atoms with Crippen LogP contribution in [0.15, 0.2) is 36.4 Å². The van der Waals surface area contributed by atoms with Gasteiger partial charge in [-0.25, -0.2) is 0 Å². The van der Waals surface area contributed by atoms with Gasteiger partial charge in [-0.3, -0.25) is 4.79 Å². The van der Waals surface area contributed by atoms with Crippen LogP contribution in [0.4, 0.5) is 5.69 Å². The predicted octanol–water partition coefficient (Wildman–Crippen LogP) is 2.57. The van der Waals surface area contributed by atoms with Gasteiger partial charge in [0.1, 0.15) is 25.0 Å². The number of amides is 1.